The minimum absolute atomic E-state index is 0.185. The van der Waals surface area contributed by atoms with Crippen LogP contribution in [0.5, 0.6) is 17.2 Å². The zero-order valence-electron chi connectivity index (χ0n) is 15.5. The van der Waals surface area contributed by atoms with E-state index in [-0.39, 0.29) is 11.8 Å². The van der Waals surface area contributed by atoms with Gasteiger partial charge in [-0.1, -0.05) is 0 Å². The van der Waals surface area contributed by atoms with Crippen molar-refractivity contribution in [1.29, 1.82) is 0 Å². The fourth-order valence-electron chi connectivity index (χ4n) is 2.89. The van der Waals surface area contributed by atoms with Crippen LogP contribution in [-0.4, -0.2) is 37.7 Å². The van der Waals surface area contributed by atoms with Crippen LogP contribution in [0.4, 0.5) is 5.69 Å². The number of rotatable bonds is 5. The lowest BCUT2D eigenvalue weighted by Gasteiger charge is -2.10. The molecule has 7 heteroatoms. The first kappa shape index (κ1) is 18.3. The van der Waals surface area contributed by atoms with Crippen LogP contribution in [0, 0.1) is 0 Å². The number of ether oxygens (including phenoxy) is 3. The molecule has 140 valence electrons. The van der Waals surface area contributed by atoms with Crippen LogP contribution in [-0.2, 0) is 0 Å². The first-order chi connectivity index (χ1) is 13.0. The van der Waals surface area contributed by atoms with Crippen LogP contribution in [0.2, 0.25) is 0 Å². The fraction of sp³-hybridized carbons (Fsp3) is 0.200. The summed E-state index contributed by atoms with van der Waals surface area (Å²) < 4.78 is 17.1. The monoisotopic (exact) mass is 368 g/mol. The number of hydrogen-bond donors (Lipinski definition) is 1. The molecule has 3 rings (SSSR count). The minimum Gasteiger partial charge on any atom is -0.497 e. The van der Waals surface area contributed by atoms with Crippen molar-refractivity contribution in [2.75, 3.05) is 26.6 Å². The Morgan fingerprint density at radius 2 is 1.67 bits per heavy atom. The lowest BCUT2D eigenvalue weighted by Crippen LogP contribution is -2.12. The van der Waals surface area contributed by atoms with Crippen molar-refractivity contribution < 1.29 is 23.8 Å². The van der Waals surface area contributed by atoms with Crippen molar-refractivity contribution in [1.82, 2.24) is 4.57 Å². The third kappa shape index (κ3) is 3.44. The summed E-state index contributed by atoms with van der Waals surface area (Å²) >= 11 is 0. The zero-order chi connectivity index (χ0) is 19.6. The Morgan fingerprint density at radius 3 is 2.30 bits per heavy atom. The average molecular weight is 368 g/mol. The number of carbonyl (C=O) groups is 2. The van der Waals surface area contributed by atoms with Gasteiger partial charge < -0.3 is 19.5 Å². The maximum atomic E-state index is 12.9. The minimum atomic E-state index is -0.347. The van der Waals surface area contributed by atoms with E-state index in [1.165, 1.54) is 24.8 Å². The van der Waals surface area contributed by atoms with E-state index >= 15 is 0 Å². The Balaban J connectivity index is 2.01. The number of nitrogens with zero attached hydrogens (tertiary/aromatic N) is 1. The van der Waals surface area contributed by atoms with Crippen LogP contribution in [0.1, 0.15) is 22.1 Å². The number of amides is 1. The first-order valence-electron chi connectivity index (χ1n) is 8.22. The van der Waals surface area contributed by atoms with Gasteiger partial charge in [0.15, 0.2) is 11.5 Å². The Morgan fingerprint density at radius 1 is 0.926 bits per heavy atom. The van der Waals surface area contributed by atoms with Gasteiger partial charge in [-0.05, 0) is 30.3 Å². The highest BCUT2D eigenvalue weighted by molar-refractivity contribution is 6.14. The van der Waals surface area contributed by atoms with E-state index in [0.29, 0.717) is 39.4 Å². The summed E-state index contributed by atoms with van der Waals surface area (Å²) in [6.45, 7) is 1.44. The van der Waals surface area contributed by atoms with Gasteiger partial charge in [0, 0.05) is 30.3 Å². The van der Waals surface area contributed by atoms with Gasteiger partial charge in [0.25, 0.3) is 5.91 Å². The summed E-state index contributed by atoms with van der Waals surface area (Å²) in [5.74, 6) is 1.14. The molecule has 0 saturated heterocycles. The van der Waals surface area contributed by atoms with Crippen molar-refractivity contribution >= 4 is 28.4 Å². The molecule has 0 bridgehead atoms. The average Bonchev–Trinajstić information content (AvgIpc) is 3.06. The molecule has 0 fully saturated rings. The third-order valence-corrected chi connectivity index (χ3v) is 4.24. The van der Waals surface area contributed by atoms with Gasteiger partial charge >= 0.3 is 0 Å². The van der Waals surface area contributed by atoms with Crippen LogP contribution >= 0.6 is 0 Å². The van der Waals surface area contributed by atoms with Crippen LogP contribution in [0.25, 0.3) is 10.9 Å². The second-order valence-corrected chi connectivity index (χ2v) is 5.84. The number of nitrogens with one attached hydrogen (secondary N) is 1. The molecular formula is C20H20N2O5. The number of hydrogen-bond acceptors (Lipinski definition) is 5. The number of methoxy groups -OCH3 is 3. The molecule has 0 atom stereocenters. The molecule has 0 saturated carbocycles. The van der Waals surface area contributed by atoms with Crippen LogP contribution in [0.15, 0.2) is 42.6 Å². The van der Waals surface area contributed by atoms with Gasteiger partial charge in [-0.3, -0.25) is 14.2 Å². The molecule has 2 aromatic carbocycles. The molecule has 3 aromatic rings. The SMILES string of the molecule is COc1ccc2c(c1)c(C(=O)Nc1ccc(OC)c(OC)c1)cn2C(C)=O. The predicted octanol–water partition coefficient (Wildman–Crippen LogP) is 3.58. The maximum Gasteiger partial charge on any atom is 0.257 e. The molecule has 1 aromatic heterocycles. The van der Waals surface area contributed by atoms with E-state index in [0.717, 1.165) is 0 Å². The first-order valence-corrected chi connectivity index (χ1v) is 8.22. The molecule has 0 aliphatic rings. The fourth-order valence-corrected chi connectivity index (χ4v) is 2.89. The van der Waals surface area contributed by atoms with E-state index in [1.54, 1.807) is 50.6 Å². The lowest BCUT2D eigenvalue weighted by molar-refractivity contribution is 0.0941. The number of fused-ring (bicyclic) bond motifs is 1. The smallest absolute Gasteiger partial charge is 0.257 e. The third-order valence-electron chi connectivity index (χ3n) is 4.24. The van der Waals surface area contributed by atoms with Crippen molar-refractivity contribution in [3.8, 4) is 17.2 Å². The Kier molecular flexibility index (Phi) is 5.03. The summed E-state index contributed by atoms with van der Waals surface area (Å²) in [4.78, 5) is 24.8. The molecule has 0 radical (unpaired) electrons. The second kappa shape index (κ2) is 7.41. The van der Waals surface area contributed by atoms with Crippen LogP contribution in [0.3, 0.4) is 0 Å². The molecule has 0 aliphatic heterocycles. The highest BCUT2D eigenvalue weighted by Crippen LogP contribution is 2.31. The normalized spacial score (nSPS) is 10.5. The summed E-state index contributed by atoms with van der Waals surface area (Å²) in [5, 5.41) is 3.45. The van der Waals surface area contributed by atoms with Crippen molar-refractivity contribution in [3.05, 3.63) is 48.2 Å². The van der Waals surface area contributed by atoms with Gasteiger partial charge in [0.05, 0.1) is 32.4 Å². The Bertz CT molecular complexity index is 1020. The molecule has 1 amide bonds. The number of anilines is 1. The molecule has 27 heavy (non-hydrogen) atoms. The quantitative estimate of drug-likeness (QED) is 0.745. The van der Waals surface area contributed by atoms with Gasteiger partial charge in [0.1, 0.15) is 5.75 Å². The van der Waals surface area contributed by atoms with Gasteiger partial charge in [-0.2, -0.15) is 0 Å². The Hall–Kier alpha value is -3.48. The summed E-state index contributed by atoms with van der Waals surface area (Å²) in [7, 11) is 4.61. The summed E-state index contributed by atoms with van der Waals surface area (Å²) in [6, 6.07) is 10.3. The standard InChI is InChI=1S/C20H20N2O5/c1-12(23)22-11-16(15-10-14(25-2)6-7-17(15)22)20(24)21-13-5-8-18(26-3)19(9-13)27-4/h5-11H,1-4H3,(H,21,24). The number of benzene rings is 2. The van der Waals surface area contributed by atoms with E-state index in [9.17, 15) is 9.59 Å². The summed E-state index contributed by atoms with van der Waals surface area (Å²) in [6.07, 6.45) is 1.53. The molecule has 1 N–H and O–H groups in total. The Labute approximate surface area is 156 Å². The predicted molar refractivity (Wildman–Crippen MR) is 102 cm³/mol. The number of carbonyl (C=O) groups excluding carboxylic acids is 2. The topological polar surface area (TPSA) is 78.8 Å². The van der Waals surface area contributed by atoms with Crippen molar-refractivity contribution in [2.45, 2.75) is 6.92 Å². The molecule has 7 nitrogen and oxygen atoms in total. The largest absolute Gasteiger partial charge is 0.497 e. The van der Waals surface area contributed by atoms with E-state index in [2.05, 4.69) is 5.32 Å². The van der Waals surface area contributed by atoms with Gasteiger partial charge in [0.2, 0.25) is 5.91 Å². The van der Waals surface area contributed by atoms with E-state index in [1.807, 2.05) is 0 Å². The van der Waals surface area contributed by atoms with Crippen LogP contribution < -0.4 is 19.5 Å². The highest BCUT2D eigenvalue weighted by Gasteiger charge is 2.18. The molecule has 0 aliphatic carbocycles. The molecule has 0 unspecified atom stereocenters. The van der Waals surface area contributed by atoms with Crippen molar-refractivity contribution in [2.24, 2.45) is 0 Å². The molecular weight excluding hydrogens is 348 g/mol. The second-order valence-electron chi connectivity index (χ2n) is 5.84. The van der Waals surface area contributed by atoms with E-state index in [4.69, 9.17) is 14.2 Å². The maximum absolute atomic E-state index is 12.9. The zero-order valence-corrected chi connectivity index (χ0v) is 15.5. The van der Waals surface area contributed by atoms with Gasteiger partial charge in [-0.25, -0.2) is 0 Å². The molecule has 1 heterocycles. The lowest BCUT2D eigenvalue weighted by atomic mass is 10.1. The molecule has 0 spiro atoms. The number of aromatic nitrogens is 1. The van der Waals surface area contributed by atoms with E-state index < -0.39 is 0 Å². The highest BCUT2D eigenvalue weighted by atomic mass is 16.5. The van der Waals surface area contributed by atoms with Crippen molar-refractivity contribution in [3.63, 3.8) is 0 Å². The van der Waals surface area contributed by atoms with Gasteiger partial charge in [-0.15, -0.1) is 0 Å². The summed E-state index contributed by atoms with van der Waals surface area (Å²) in [5.41, 5.74) is 1.55.